The number of hydrogen-bond acceptors (Lipinski definition) is 2. The number of rotatable bonds is 3. The third-order valence-electron chi connectivity index (χ3n) is 3.44. The van der Waals surface area contributed by atoms with Crippen molar-refractivity contribution in [3.05, 3.63) is 35.4 Å². The van der Waals surface area contributed by atoms with E-state index < -0.39 is 0 Å². The molecule has 0 aliphatic carbocycles. The molecule has 1 unspecified atom stereocenters. The van der Waals surface area contributed by atoms with E-state index in [2.05, 4.69) is 0 Å². The van der Waals surface area contributed by atoms with Gasteiger partial charge in [0, 0.05) is 25.6 Å². The molecule has 3 heteroatoms. The molecule has 0 bridgehead atoms. The van der Waals surface area contributed by atoms with Crippen molar-refractivity contribution in [1.82, 2.24) is 4.90 Å². The van der Waals surface area contributed by atoms with Crippen LogP contribution in [0.5, 0.6) is 0 Å². The van der Waals surface area contributed by atoms with Gasteiger partial charge in [0.2, 0.25) is 5.91 Å². The Morgan fingerprint density at radius 1 is 1.35 bits per heavy atom. The zero-order chi connectivity index (χ0) is 12.3. The van der Waals surface area contributed by atoms with Crippen LogP contribution < -0.4 is 5.73 Å². The number of hydrogen-bond donors (Lipinski definition) is 1. The smallest absolute Gasteiger partial charge is 0.224 e. The Hall–Kier alpha value is -1.35. The van der Waals surface area contributed by atoms with E-state index in [1.54, 1.807) is 0 Å². The fourth-order valence-corrected chi connectivity index (χ4v) is 2.40. The Kier molecular flexibility index (Phi) is 3.79. The normalized spacial score (nSPS) is 17.2. The van der Waals surface area contributed by atoms with Crippen LogP contribution in [-0.4, -0.2) is 23.9 Å². The number of aryl methyl sites for hydroxylation is 1. The summed E-state index contributed by atoms with van der Waals surface area (Å²) in [6.07, 6.45) is 2.68. The summed E-state index contributed by atoms with van der Waals surface area (Å²) >= 11 is 0. The lowest BCUT2D eigenvalue weighted by Gasteiger charge is -2.19. The minimum Gasteiger partial charge on any atom is -0.343 e. The first-order valence-electron chi connectivity index (χ1n) is 6.27. The summed E-state index contributed by atoms with van der Waals surface area (Å²) in [6, 6.07) is 7.84. The lowest BCUT2D eigenvalue weighted by molar-refractivity contribution is -0.130. The molecule has 3 nitrogen and oxygen atoms in total. The minimum atomic E-state index is -0.177. The van der Waals surface area contributed by atoms with Gasteiger partial charge in [-0.05, 0) is 30.9 Å². The monoisotopic (exact) mass is 232 g/mol. The molecule has 0 spiro atoms. The topological polar surface area (TPSA) is 46.3 Å². The van der Waals surface area contributed by atoms with Gasteiger partial charge in [-0.25, -0.2) is 0 Å². The van der Waals surface area contributed by atoms with Gasteiger partial charge in [-0.2, -0.15) is 0 Å². The highest BCUT2D eigenvalue weighted by Crippen LogP contribution is 2.20. The Morgan fingerprint density at radius 2 is 2.00 bits per heavy atom. The second-order valence-corrected chi connectivity index (χ2v) is 4.76. The first-order valence-corrected chi connectivity index (χ1v) is 6.27. The highest BCUT2D eigenvalue weighted by atomic mass is 16.2. The lowest BCUT2D eigenvalue weighted by Crippen LogP contribution is -2.30. The molecule has 2 rings (SSSR count). The summed E-state index contributed by atoms with van der Waals surface area (Å²) in [7, 11) is 0. The van der Waals surface area contributed by atoms with Gasteiger partial charge in [-0.15, -0.1) is 0 Å². The highest BCUT2D eigenvalue weighted by molar-refractivity contribution is 5.77. The van der Waals surface area contributed by atoms with Gasteiger partial charge in [0.05, 0.1) is 0 Å². The third-order valence-corrected chi connectivity index (χ3v) is 3.44. The fourth-order valence-electron chi connectivity index (χ4n) is 2.40. The lowest BCUT2D eigenvalue weighted by atomic mass is 9.99. The molecule has 1 fully saturated rings. The van der Waals surface area contributed by atoms with E-state index in [9.17, 15) is 4.79 Å². The second-order valence-electron chi connectivity index (χ2n) is 4.76. The van der Waals surface area contributed by atoms with E-state index in [0.717, 1.165) is 37.1 Å². The zero-order valence-corrected chi connectivity index (χ0v) is 10.4. The maximum Gasteiger partial charge on any atom is 0.224 e. The van der Waals surface area contributed by atoms with E-state index in [-0.39, 0.29) is 11.9 Å². The largest absolute Gasteiger partial charge is 0.343 e. The third kappa shape index (κ3) is 2.86. The molecule has 2 N–H and O–H groups in total. The molecule has 1 aliphatic heterocycles. The van der Waals surface area contributed by atoms with Crippen molar-refractivity contribution >= 4 is 5.91 Å². The van der Waals surface area contributed by atoms with Crippen LogP contribution in [0.1, 0.15) is 36.4 Å². The maximum atomic E-state index is 12.0. The average molecular weight is 232 g/mol. The predicted octanol–water partition coefficient (Wildman–Crippen LogP) is 2.01. The van der Waals surface area contributed by atoms with Crippen LogP contribution in [0.15, 0.2) is 24.3 Å². The Bertz CT molecular complexity index is 397. The van der Waals surface area contributed by atoms with Crippen molar-refractivity contribution in [2.75, 3.05) is 13.1 Å². The Labute approximate surface area is 103 Å². The van der Waals surface area contributed by atoms with Crippen LogP contribution in [0.4, 0.5) is 0 Å². The van der Waals surface area contributed by atoms with Crippen LogP contribution in [0, 0.1) is 6.92 Å². The fraction of sp³-hybridized carbons (Fsp3) is 0.500. The van der Waals surface area contributed by atoms with Crippen molar-refractivity contribution < 1.29 is 4.79 Å². The van der Waals surface area contributed by atoms with Crippen molar-refractivity contribution in [2.45, 2.75) is 32.2 Å². The summed E-state index contributed by atoms with van der Waals surface area (Å²) in [4.78, 5) is 13.9. The zero-order valence-electron chi connectivity index (χ0n) is 10.4. The van der Waals surface area contributed by atoms with Gasteiger partial charge in [0.1, 0.15) is 0 Å². The Balaban J connectivity index is 1.99. The van der Waals surface area contributed by atoms with Crippen LogP contribution in [-0.2, 0) is 4.79 Å². The van der Waals surface area contributed by atoms with Crippen LogP contribution in [0.2, 0.25) is 0 Å². The number of likely N-dealkylation sites (tertiary alicyclic amines) is 1. The molecule has 1 saturated heterocycles. The van der Waals surface area contributed by atoms with Gasteiger partial charge < -0.3 is 10.6 Å². The summed E-state index contributed by atoms with van der Waals surface area (Å²) < 4.78 is 0. The molecular weight excluding hydrogens is 212 g/mol. The van der Waals surface area contributed by atoms with Crippen molar-refractivity contribution in [2.24, 2.45) is 5.73 Å². The average Bonchev–Trinajstić information content (AvgIpc) is 2.82. The molecular formula is C14H20N2O. The standard InChI is InChI=1S/C14H20N2O/c1-11-6-2-3-7-12(11)13(15)10-14(17)16-8-4-5-9-16/h2-3,6-7,13H,4-5,8-10,15H2,1H3. The molecule has 17 heavy (non-hydrogen) atoms. The molecule has 1 aromatic carbocycles. The molecule has 1 aliphatic rings. The molecule has 1 heterocycles. The number of carbonyl (C=O) groups is 1. The number of amides is 1. The number of nitrogens with two attached hydrogens (primary N) is 1. The quantitative estimate of drug-likeness (QED) is 0.866. The molecule has 1 aromatic rings. The van der Waals surface area contributed by atoms with Crippen molar-refractivity contribution in [3.63, 3.8) is 0 Å². The van der Waals surface area contributed by atoms with Crippen molar-refractivity contribution in [1.29, 1.82) is 0 Å². The molecule has 1 amide bonds. The van der Waals surface area contributed by atoms with Gasteiger partial charge >= 0.3 is 0 Å². The summed E-state index contributed by atoms with van der Waals surface area (Å²) in [5, 5.41) is 0. The van der Waals surface area contributed by atoms with Gasteiger partial charge in [-0.3, -0.25) is 4.79 Å². The van der Waals surface area contributed by atoms with Crippen LogP contribution >= 0.6 is 0 Å². The molecule has 0 aromatic heterocycles. The highest BCUT2D eigenvalue weighted by Gasteiger charge is 2.21. The Morgan fingerprint density at radius 3 is 2.65 bits per heavy atom. The minimum absolute atomic E-state index is 0.177. The van der Waals surface area contributed by atoms with Crippen LogP contribution in [0.25, 0.3) is 0 Å². The van der Waals surface area contributed by atoms with Crippen LogP contribution in [0.3, 0.4) is 0 Å². The maximum absolute atomic E-state index is 12.0. The SMILES string of the molecule is Cc1ccccc1C(N)CC(=O)N1CCCC1. The molecule has 0 radical (unpaired) electrons. The number of nitrogens with zero attached hydrogens (tertiary/aromatic N) is 1. The number of benzene rings is 1. The van der Waals surface area contributed by atoms with E-state index in [0.29, 0.717) is 6.42 Å². The molecule has 92 valence electrons. The first-order chi connectivity index (χ1) is 8.18. The summed E-state index contributed by atoms with van der Waals surface area (Å²) in [6.45, 7) is 3.84. The predicted molar refractivity (Wildman–Crippen MR) is 68.5 cm³/mol. The van der Waals surface area contributed by atoms with E-state index in [4.69, 9.17) is 5.73 Å². The first kappa shape index (κ1) is 12.1. The molecule has 1 atom stereocenters. The summed E-state index contributed by atoms with van der Waals surface area (Å²) in [5.41, 5.74) is 8.36. The van der Waals surface area contributed by atoms with Gasteiger partial charge in [0.25, 0.3) is 0 Å². The van der Waals surface area contributed by atoms with Crippen molar-refractivity contribution in [3.8, 4) is 0 Å². The van der Waals surface area contributed by atoms with E-state index in [1.807, 2.05) is 36.1 Å². The molecule has 0 saturated carbocycles. The van der Waals surface area contributed by atoms with E-state index >= 15 is 0 Å². The van der Waals surface area contributed by atoms with E-state index in [1.165, 1.54) is 0 Å². The van der Waals surface area contributed by atoms with Gasteiger partial charge in [0.15, 0.2) is 0 Å². The van der Waals surface area contributed by atoms with Gasteiger partial charge in [-0.1, -0.05) is 24.3 Å². The number of carbonyl (C=O) groups excluding carboxylic acids is 1. The second kappa shape index (κ2) is 5.32. The summed E-state index contributed by atoms with van der Waals surface area (Å²) in [5.74, 6) is 0.193.